The van der Waals surface area contributed by atoms with Gasteiger partial charge in [-0.2, -0.15) is 0 Å². The van der Waals surface area contributed by atoms with Crippen LogP contribution in [-0.4, -0.2) is 80.7 Å². The molecule has 1 saturated heterocycles. The van der Waals surface area contributed by atoms with Gasteiger partial charge in [0.1, 0.15) is 12.4 Å². The lowest BCUT2D eigenvalue weighted by Crippen LogP contribution is -2.45. The van der Waals surface area contributed by atoms with E-state index < -0.39 is 0 Å². The molecular formula is C21H34N4O2. The number of likely N-dealkylation sites (tertiary alicyclic amines) is 1. The zero-order chi connectivity index (χ0) is 19.8. The van der Waals surface area contributed by atoms with Gasteiger partial charge in [-0.1, -0.05) is 12.6 Å². The normalized spacial score (nSPS) is 15.6. The average Bonchev–Trinajstić information content (AvgIpc) is 2.65. The maximum absolute atomic E-state index is 12.5. The summed E-state index contributed by atoms with van der Waals surface area (Å²) >= 11 is 0. The number of likely N-dealkylation sites (N-methyl/N-ethyl adjacent to an activating group) is 2. The Morgan fingerprint density at radius 1 is 1.30 bits per heavy atom. The fourth-order valence-electron chi connectivity index (χ4n) is 3.12. The predicted molar refractivity (Wildman–Crippen MR) is 112 cm³/mol. The van der Waals surface area contributed by atoms with Crippen LogP contribution in [0.4, 0.5) is 10.5 Å². The fraction of sp³-hybridized carbons (Fsp3) is 0.571. The molecule has 1 aliphatic rings. The number of urea groups is 1. The van der Waals surface area contributed by atoms with E-state index in [0.717, 1.165) is 36.6 Å². The van der Waals surface area contributed by atoms with E-state index in [0.29, 0.717) is 19.2 Å². The number of carbonyl (C=O) groups is 1. The second kappa shape index (κ2) is 10.3. The van der Waals surface area contributed by atoms with E-state index in [4.69, 9.17) is 4.74 Å². The Morgan fingerprint density at radius 3 is 2.67 bits per heavy atom. The number of benzene rings is 1. The number of amides is 2. The number of nitrogens with one attached hydrogen (secondary N) is 1. The third-order valence-electron chi connectivity index (χ3n) is 5.02. The SMILES string of the molecule is C=C(C)COc1cccc(NC(=O)N(C)CCN(C)C2CCN(C)CC2)c1. The molecule has 27 heavy (non-hydrogen) atoms. The van der Waals surface area contributed by atoms with Crippen molar-refractivity contribution in [3.63, 3.8) is 0 Å². The number of ether oxygens (including phenoxy) is 1. The standard InChI is InChI=1S/C21H34N4O2/c1-17(2)16-27-20-8-6-7-18(15-20)22-21(26)25(5)14-13-24(4)19-9-11-23(3)12-10-19/h6-8,15,19H,1,9-14,16H2,2-5H3,(H,22,26). The predicted octanol–water partition coefficient (Wildman–Crippen LogP) is 3.13. The van der Waals surface area contributed by atoms with Crippen LogP contribution in [0.5, 0.6) is 5.75 Å². The topological polar surface area (TPSA) is 48.1 Å². The highest BCUT2D eigenvalue weighted by molar-refractivity contribution is 5.89. The molecule has 2 rings (SSSR count). The molecule has 6 nitrogen and oxygen atoms in total. The summed E-state index contributed by atoms with van der Waals surface area (Å²) in [5.41, 5.74) is 1.69. The van der Waals surface area contributed by atoms with Crippen molar-refractivity contribution in [2.75, 3.05) is 59.2 Å². The molecule has 0 bridgehead atoms. The molecule has 1 fully saturated rings. The first-order valence-electron chi connectivity index (χ1n) is 9.63. The van der Waals surface area contributed by atoms with Gasteiger partial charge in [-0.05, 0) is 64.7 Å². The number of anilines is 1. The lowest BCUT2D eigenvalue weighted by Gasteiger charge is -2.35. The second-order valence-electron chi connectivity index (χ2n) is 7.64. The fourth-order valence-corrected chi connectivity index (χ4v) is 3.12. The number of hydrogen-bond donors (Lipinski definition) is 1. The average molecular weight is 375 g/mol. The van der Waals surface area contributed by atoms with Crippen molar-refractivity contribution in [3.8, 4) is 5.75 Å². The Hall–Kier alpha value is -2.05. The molecule has 1 heterocycles. The summed E-state index contributed by atoms with van der Waals surface area (Å²) < 4.78 is 5.63. The molecule has 0 radical (unpaired) electrons. The zero-order valence-electron chi connectivity index (χ0n) is 17.2. The van der Waals surface area contributed by atoms with Crippen molar-refractivity contribution in [3.05, 3.63) is 36.4 Å². The molecule has 1 N–H and O–H groups in total. The molecule has 0 atom stereocenters. The van der Waals surface area contributed by atoms with Crippen LogP contribution in [0.2, 0.25) is 0 Å². The first-order chi connectivity index (χ1) is 12.8. The first-order valence-corrected chi connectivity index (χ1v) is 9.63. The van der Waals surface area contributed by atoms with Crippen molar-refractivity contribution in [2.24, 2.45) is 0 Å². The number of hydrogen-bond acceptors (Lipinski definition) is 4. The van der Waals surface area contributed by atoms with E-state index >= 15 is 0 Å². The molecule has 6 heteroatoms. The van der Waals surface area contributed by atoms with Crippen molar-refractivity contribution in [1.29, 1.82) is 0 Å². The van der Waals surface area contributed by atoms with Crippen LogP contribution >= 0.6 is 0 Å². The molecule has 1 aromatic carbocycles. The lowest BCUT2D eigenvalue weighted by molar-refractivity contribution is 0.136. The van der Waals surface area contributed by atoms with E-state index in [1.54, 1.807) is 4.90 Å². The summed E-state index contributed by atoms with van der Waals surface area (Å²) in [6.07, 6.45) is 2.39. The van der Waals surface area contributed by atoms with Gasteiger partial charge in [0.2, 0.25) is 0 Å². The Bertz CT molecular complexity index is 626. The van der Waals surface area contributed by atoms with Crippen LogP contribution in [0.1, 0.15) is 19.8 Å². The van der Waals surface area contributed by atoms with Crippen LogP contribution in [0.3, 0.4) is 0 Å². The Kier molecular flexibility index (Phi) is 8.13. The van der Waals surface area contributed by atoms with Gasteiger partial charge in [-0.25, -0.2) is 4.79 Å². The Morgan fingerprint density at radius 2 is 2.00 bits per heavy atom. The number of piperidine rings is 1. The van der Waals surface area contributed by atoms with E-state index in [1.807, 2.05) is 38.2 Å². The largest absolute Gasteiger partial charge is 0.489 e. The third-order valence-corrected chi connectivity index (χ3v) is 5.02. The highest BCUT2D eigenvalue weighted by atomic mass is 16.5. The summed E-state index contributed by atoms with van der Waals surface area (Å²) in [5.74, 6) is 0.723. The second-order valence-corrected chi connectivity index (χ2v) is 7.64. The summed E-state index contributed by atoms with van der Waals surface area (Å²) in [6, 6.07) is 7.95. The maximum Gasteiger partial charge on any atom is 0.321 e. The van der Waals surface area contributed by atoms with E-state index in [9.17, 15) is 4.79 Å². The minimum Gasteiger partial charge on any atom is -0.489 e. The molecule has 0 aliphatic carbocycles. The summed E-state index contributed by atoms with van der Waals surface area (Å²) in [5, 5.41) is 2.94. The summed E-state index contributed by atoms with van der Waals surface area (Å²) in [6.45, 7) is 10.1. The minimum absolute atomic E-state index is 0.108. The van der Waals surface area contributed by atoms with E-state index in [2.05, 4.69) is 35.8 Å². The van der Waals surface area contributed by atoms with Crippen LogP contribution in [-0.2, 0) is 0 Å². The van der Waals surface area contributed by atoms with Crippen molar-refractivity contribution >= 4 is 11.7 Å². The van der Waals surface area contributed by atoms with Gasteiger partial charge < -0.3 is 24.8 Å². The van der Waals surface area contributed by atoms with Gasteiger partial charge >= 0.3 is 6.03 Å². The molecule has 150 valence electrons. The van der Waals surface area contributed by atoms with E-state index in [1.165, 1.54) is 12.8 Å². The molecule has 2 amide bonds. The monoisotopic (exact) mass is 374 g/mol. The van der Waals surface area contributed by atoms with Gasteiger partial charge in [0.25, 0.3) is 0 Å². The molecular weight excluding hydrogens is 340 g/mol. The molecule has 0 saturated carbocycles. The summed E-state index contributed by atoms with van der Waals surface area (Å²) in [7, 11) is 6.16. The molecule has 1 aromatic rings. The molecule has 0 aromatic heterocycles. The van der Waals surface area contributed by atoms with E-state index in [-0.39, 0.29) is 6.03 Å². The van der Waals surface area contributed by atoms with Crippen LogP contribution in [0.15, 0.2) is 36.4 Å². The molecule has 0 unspecified atom stereocenters. The minimum atomic E-state index is -0.108. The van der Waals surface area contributed by atoms with Gasteiger partial charge in [-0.3, -0.25) is 0 Å². The maximum atomic E-state index is 12.5. The first kappa shape index (κ1) is 21.3. The lowest BCUT2D eigenvalue weighted by atomic mass is 10.0. The molecule has 1 aliphatic heterocycles. The number of nitrogens with zero attached hydrogens (tertiary/aromatic N) is 3. The van der Waals surface area contributed by atoms with Gasteiger partial charge in [0.15, 0.2) is 0 Å². The van der Waals surface area contributed by atoms with Gasteiger partial charge in [0.05, 0.1) is 0 Å². The number of rotatable bonds is 8. The quantitative estimate of drug-likeness (QED) is 0.710. The number of carbonyl (C=O) groups excluding carboxylic acids is 1. The van der Waals surface area contributed by atoms with Crippen molar-refractivity contribution < 1.29 is 9.53 Å². The third kappa shape index (κ3) is 7.23. The Labute approximate surface area is 163 Å². The smallest absolute Gasteiger partial charge is 0.321 e. The van der Waals surface area contributed by atoms with Gasteiger partial charge in [0, 0.05) is 37.9 Å². The van der Waals surface area contributed by atoms with Crippen molar-refractivity contribution in [2.45, 2.75) is 25.8 Å². The van der Waals surface area contributed by atoms with Crippen molar-refractivity contribution in [1.82, 2.24) is 14.7 Å². The summed E-state index contributed by atoms with van der Waals surface area (Å²) in [4.78, 5) is 18.9. The highest BCUT2D eigenvalue weighted by Gasteiger charge is 2.21. The Balaban J connectivity index is 1.78. The van der Waals surface area contributed by atoms with Crippen LogP contribution in [0.25, 0.3) is 0 Å². The highest BCUT2D eigenvalue weighted by Crippen LogP contribution is 2.18. The van der Waals surface area contributed by atoms with Crippen LogP contribution in [0, 0.1) is 0 Å². The molecule has 0 spiro atoms. The van der Waals surface area contributed by atoms with Crippen LogP contribution < -0.4 is 10.1 Å². The zero-order valence-corrected chi connectivity index (χ0v) is 17.2. The van der Waals surface area contributed by atoms with Gasteiger partial charge in [-0.15, -0.1) is 0 Å².